The van der Waals surface area contributed by atoms with E-state index in [1.54, 1.807) is 20.8 Å². The minimum absolute atomic E-state index is 0.711. The summed E-state index contributed by atoms with van der Waals surface area (Å²) in [4.78, 5) is 27.3. The zero-order valence-electron chi connectivity index (χ0n) is 11.6. The molecule has 0 rings (SSSR count). The van der Waals surface area contributed by atoms with Gasteiger partial charge in [-0.1, -0.05) is 5.16 Å². The van der Waals surface area contributed by atoms with Crippen LogP contribution < -0.4 is 5.73 Å². The van der Waals surface area contributed by atoms with Gasteiger partial charge in [0.25, 0.3) is 0 Å². The van der Waals surface area contributed by atoms with E-state index in [-0.39, 0.29) is 0 Å². The Morgan fingerprint density at radius 2 is 1.68 bits per heavy atom. The van der Waals surface area contributed by atoms with E-state index < -0.39 is 34.7 Å². The number of amidine groups is 1. The molecule has 0 aromatic heterocycles. The number of carbonyl (C=O) groups is 2. The summed E-state index contributed by atoms with van der Waals surface area (Å²) in [6.07, 6.45) is 0. The highest BCUT2D eigenvalue weighted by molar-refractivity contribution is 6.63. The maximum absolute atomic E-state index is 11.8. The Balaban J connectivity index is 4.96. The normalized spacial score (nSPS) is 12.8. The van der Waals surface area contributed by atoms with Gasteiger partial charge in [-0.3, -0.25) is 5.41 Å². The second kappa shape index (κ2) is 5.68. The first-order chi connectivity index (χ1) is 8.37. The standard InChI is InChI=1S/C11H19N3O5/c1-10(2,3)18-9(17)11(4,5)19-14-6(7(12)13)8(15)16/h1-5H3,(H3,12,13)(H,15,16)/b14-6-. The summed E-state index contributed by atoms with van der Waals surface area (Å²) >= 11 is 0. The molecule has 0 spiro atoms. The first kappa shape index (κ1) is 16.9. The lowest BCUT2D eigenvalue weighted by Gasteiger charge is -2.26. The zero-order valence-corrected chi connectivity index (χ0v) is 11.6. The SMILES string of the molecule is CC(C)(C)OC(=O)C(C)(C)O/N=C(/C(=N)N)C(=O)O. The minimum Gasteiger partial charge on any atom is -0.476 e. The molecule has 19 heavy (non-hydrogen) atoms. The van der Waals surface area contributed by atoms with Crippen molar-refractivity contribution in [2.45, 2.75) is 45.8 Å². The van der Waals surface area contributed by atoms with Crippen molar-refractivity contribution >= 4 is 23.5 Å². The van der Waals surface area contributed by atoms with Crippen molar-refractivity contribution in [1.29, 1.82) is 5.41 Å². The van der Waals surface area contributed by atoms with Gasteiger partial charge in [-0.15, -0.1) is 0 Å². The summed E-state index contributed by atoms with van der Waals surface area (Å²) < 4.78 is 5.09. The Morgan fingerprint density at radius 3 is 2.00 bits per heavy atom. The Bertz CT molecular complexity index is 405. The van der Waals surface area contributed by atoms with Crippen LogP contribution in [0.15, 0.2) is 5.16 Å². The number of aliphatic carboxylic acids is 1. The minimum atomic E-state index is -1.52. The predicted octanol–water partition coefficient (Wildman–Crippen LogP) is 0.500. The fourth-order valence-corrected chi connectivity index (χ4v) is 0.801. The van der Waals surface area contributed by atoms with Crippen molar-refractivity contribution in [3.63, 3.8) is 0 Å². The molecule has 8 heteroatoms. The molecule has 0 aliphatic rings. The highest BCUT2D eigenvalue weighted by atomic mass is 16.7. The predicted molar refractivity (Wildman–Crippen MR) is 68.0 cm³/mol. The third kappa shape index (κ3) is 5.84. The lowest BCUT2D eigenvalue weighted by molar-refractivity contribution is -0.179. The van der Waals surface area contributed by atoms with Crippen LogP contribution in [0.4, 0.5) is 0 Å². The van der Waals surface area contributed by atoms with Gasteiger partial charge < -0.3 is 20.4 Å². The third-order valence-corrected chi connectivity index (χ3v) is 1.71. The van der Waals surface area contributed by atoms with Gasteiger partial charge in [0.1, 0.15) is 5.60 Å². The summed E-state index contributed by atoms with van der Waals surface area (Å²) in [6.45, 7) is 7.78. The van der Waals surface area contributed by atoms with Crippen LogP contribution in [0.25, 0.3) is 0 Å². The van der Waals surface area contributed by atoms with Crippen LogP contribution >= 0.6 is 0 Å². The molecule has 0 fully saturated rings. The fourth-order valence-electron chi connectivity index (χ4n) is 0.801. The Labute approximate surface area is 111 Å². The number of carboxylic acids is 1. The highest BCUT2D eigenvalue weighted by Crippen LogP contribution is 2.17. The van der Waals surface area contributed by atoms with Crippen LogP contribution in [0, 0.1) is 5.41 Å². The number of nitrogens with one attached hydrogen (secondary N) is 1. The van der Waals surface area contributed by atoms with Crippen molar-refractivity contribution in [3.8, 4) is 0 Å². The molecule has 0 aliphatic carbocycles. The van der Waals surface area contributed by atoms with Gasteiger partial charge in [-0.2, -0.15) is 0 Å². The van der Waals surface area contributed by atoms with E-state index in [1.807, 2.05) is 0 Å². The van der Waals surface area contributed by atoms with Crippen LogP contribution in [-0.2, 0) is 19.2 Å². The zero-order chi connectivity index (χ0) is 15.4. The Morgan fingerprint density at radius 1 is 1.21 bits per heavy atom. The number of nitrogens with two attached hydrogens (primary N) is 1. The quantitative estimate of drug-likeness (QED) is 0.289. The molecule has 0 heterocycles. The van der Waals surface area contributed by atoms with Crippen molar-refractivity contribution in [1.82, 2.24) is 0 Å². The molecule has 0 radical (unpaired) electrons. The molecule has 0 unspecified atom stereocenters. The molecule has 0 aromatic rings. The van der Waals surface area contributed by atoms with E-state index in [0.29, 0.717) is 0 Å². The van der Waals surface area contributed by atoms with Crippen LogP contribution in [0.2, 0.25) is 0 Å². The van der Waals surface area contributed by atoms with E-state index in [1.165, 1.54) is 13.8 Å². The number of carboxylic acid groups (broad SMARTS) is 1. The van der Waals surface area contributed by atoms with Gasteiger partial charge in [0.15, 0.2) is 5.84 Å². The molecular weight excluding hydrogens is 254 g/mol. The number of rotatable bonds is 5. The maximum Gasteiger partial charge on any atom is 0.361 e. The second-order valence-electron chi connectivity index (χ2n) is 5.26. The number of carbonyl (C=O) groups excluding carboxylic acids is 1. The number of nitrogens with zero attached hydrogens (tertiary/aromatic N) is 1. The highest BCUT2D eigenvalue weighted by Gasteiger charge is 2.35. The third-order valence-electron chi connectivity index (χ3n) is 1.71. The van der Waals surface area contributed by atoms with Crippen LogP contribution in [0.5, 0.6) is 0 Å². The van der Waals surface area contributed by atoms with Gasteiger partial charge in [-0.05, 0) is 34.6 Å². The van der Waals surface area contributed by atoms with Gasteiger partial charge in [-0.25, -0.2) is 9.59 Å². The monoisotopic (exact) mass is 273 g/mol. The maximum atomic E-state index is 11.8. The molecule has 0 bridgehead atoms. The molecule has 0 amide bonds. The van der Waals surface area contributed by atoms with E-state index in [2.05, 4.69) is 5.16 Å². The molecular formula is C11H19N3O5. The molecule has 8 nitrogen and oxygen atoms in total. The largest absolute Gasteiger partial charge is 0.476 e. The number of esters is 1. The summed E-state index contributed by atoms with van der Waals surface area (Å²) in [6, 6.07) is 0. The molecule has 0 saturated heterocycles. The Hall–Kier alpha value is -2.12. The first-order valence-corrected chi connectivity index (χ1v) is 5.44. The number of hydrogen-bond donors (Lipinski definition) is 3. The van der Waals surface area contributed by atoms with Gasteiger partial charge in [0.05, 0.1) is 0 Å². The Kier molecular flexibility index (Phi) is 5.05. The van der Waals surface area contributed by atoms with Crippen molar-refractivity contribution < 1.29 is 24.3 Å². The summed E-state index contributed by atoms with van der Waals surface area (Å²) in [5.41, 5.74) is 2.03. The molecule has 0 aromatic carbocycles. The molecule has 0 aliphatic heterocycles. The first-order valence-electron chi connectivity index (χ1n) is 5.44. The lowest BCUT2D eigenvalue weighted by atomic mass is 10.1. The second-order valence-corrected chi connectivity index (χ2v) is 5.26. The molecule has 0 saturated carbocycles. The topological polar surface area (TPSA) is 135 Å². The number of ether oxygens (including phenoxy) is 1. The average Bonchev–Trinajstić information content (AvgIpc) is 2.13. The number of hydrogen-bond acceptors (Lipinski definition) is 6. The fraction of sp³-hybridized carbons (Fsp3) is 0.636. The molecule has 0 atom stereocenters. The van der Waals surface area contributed by atoms with Gasteiger partial charge in [0, 0.05) is 0 Å². The van der Waals surface area contributed by atoms with Gasteiger partial charge in [0.2, 0.25) is 11.3 Å². The lowest BCUT2D eigenvalue weighted by Crippen LogP contribution is -2.41. The van der Waals surface area contributed by atoms with Crippen molar-refractivity contribution in [3.05, 3.63) is 0 Å². The van der Waals surface area contributed by atoms with Crippen molar-refractivity contribution in [2.24, 2.45) is 10.9 Å². The van der Waals surface area contributed by atoms with E-state index in [4.69, 9.17) is 25.8 Å². The van der Waals surface area contributed by atoms with E-state index >= 15 is 0 Å². The summed E-state index contributed by atoms with van der Waals surface area (Å²) in [7, 11) is 0. The summed E-state index contributed by atoms with van der Waals surface area (Å²) in [5.74, 6) is -3.00. The van der Waals surface area contributed by atoms with Crippen LogP contribution in [0.3, 0.4) is 0 Å². The van der Waals surface area contributed by atoms with Crippen LogP contribution in [0.1, 0.15) is 34.6 Å². The van der Waals surface area contributed by atoms with Gasteiger partial charge >= 0.3 is 11.9 Å². The average molecular weight is 273 g/mol. The van der Waals surface area contributed by atoms with E-state index in [0.717, 1.165) is 0 Å². The smallest absolute Gasteiger partial charge is 0.361 e. The molecule has 4 N–H and O–H groups in total. The van der Waals surface area contributed by atoms with Crippen molar-refractivity contribution in [2.75, 3.05) is 0 Å². The van der Waals surface area contributed by atoms with E-state index in [9.17, 15) is 9.59 Å². The summed E-state index contributed by atoms with van der Waals surface area (Å²) in [5, 5.41) is 18.9. The van der Waals surface area contributed by atoms with Crippen LogP contribution in [-0.4, -0.2) is 39.8 Å². The molecule has 108 valence electrons. The number of oxime groups is 1.